The SMILES string of the molecule is CCNC(CSC(C)C(C)O)c1ccc(C)cc1. The van der Waals surface area contributed by atoms with Gasteiger partial charge in [-0.3, -0.25) is 0 Å². The van der Waals surface area contributed by atoms with Crippen molar-refractivity contribution in [1.29, 1.82) is 0 Å². The van der Waals surface area contributed by atoms with Gasteiger partial charge in [-0.2, -0.15) is 11.8 Å². The predicted molar refractivity (Wildman–Crippen MR) is 81.2 cm³/mol. The van der Waals surface area contributed by atoms with Crippen molar-refractivity contribution in [3.8, 4) is 0 Å². The van der Waals surface area contributed by atoms with Gasteiger partial charge in [0.1, 0.15) is 0 Å². The van der Waals surface area contributed by atoms with E-state index in [9.17, 15) is 5.11 Å². The first-order chi connectivity index (χ1) is 8.54. The summed E-state index contributed by atoms with van der Waals surface area (Å²) in [7, 11) is 0. The van der Waals surface area contributed by atoms with Crippen LogP contribution in [0.2, 0.25) is 0 Å². The third-order valence-corrected chi connectivity index (χ3v) is 4.58. The van der Waals surface area contributed by atoms with Crippen LogP contribution < -0.4 is 5.32 Å². The van der Waals surface area contributed by atoms with Gasteiger partial charge < -0.3 is 10.4 Å². The van der Waals surface area contributed by atoms with Crippen molar-refractivity contribution in [1.82, 2.24) is 5.32 Å². The van der Waals surface area contributed by atoms with E-state index in [1.165, 1.54) is 11.1 Å². The zero-order chi connectivity index (χ0) is 13.5. The minimum Gasteiger partial charge on any atom is -0.392 e. The summed E-state index contributed by atoms with van der Waals surface area (Å²) in [5.74, 6) is 0.989. The molecule has 102 valence electrons. The van der Waals surface area contributed by atoms with E-state index < -0.39 is 0 Å². The van der Waals surface area contributed by atoms with Crippen LogP contribution in [0.3, 0.4) is 0 Å². The standard InChI is InChI=1S/C15H25NOS/c1-5-16-15(10-18-13(4)12(3)17)14-8-6-11(2)7-9-14/h6-9,12-13,15-17H,5,10H2,1-4H3. The lowest BCUT2D eigenvalue weighted by molar-refractivity contribution is 0.196. The summed E-state index contributed by atoms with van der Waals surface area (Å²) < 4.78 is 0. The second-order valence-corrected chi connectivity index (χ2v) is 6.21. The number of benzene rings is 1. The summed E-state index contributed by atoms with van der Waals surface area (Å²) in [5, 5.41) is 13.3. The fraction of sp³-hybridized carbons (Fsp3) is 0.600. The number of aliphatic hydroxyl groups is 1. The molecule has 0 aliphatic carbocycles. The molecule has 2 nitrogen and oxygen atoms in total. The predicted octanol–water partition coefficient (Wildman–Crippen LogP) is 3.15. The molecule has 0 fully saturated rings. The van der Waals surface area contributed by atoms with Crippen LogP contribution in [-0.2, 0) is 0 Å². The highest BCUT2D eigenvalue weighted by atomic mass is 32.2. The molecule has 0 heterocycles. The molecule has 0 spiro atoms. The van der Waals surface area contributed by atoms with E-state index in [2.05, 4.69) is 50.4 Å². The summed E-state index contributed by atoms with van der Waals surface area (Å²) in [4.78, 5) is 0. The van der Waals surface area contributed by atoms with Crippen molar-refractivity contribution < 1.29 is 5.11 Å². The van der Waals surface area contributed by atoms with Crippen molar-refractivity contribution in [2.24, 2.45) is 0 Å². The van der Waals surface area contributed by atoms with Crippen molar-refractivity contribution in [2.75, 3.05) is 12.3 Å². The minimum atomic E-state index is -0.254. The van der Waals surface area contributed by atoms with E-state index in [4.69, 9.17) is 0 Å². The molecule has 0 aromatic heterocycles. The van der Waals surface area contributed by atoms with Gasteiger partial charge in [0.2, 0.25) is 0 Å². The summed E-state index contributed by atoms with van der Waals surface area (Å²) in [6, 6.07) is 9.05. The average molecular weight is 267 g/mol. The number of aryl methyl sites for hydroxylation is 1. The minimum absolute atomic E-state index is 0.254. The van der Waals surface area contributed by atoms with E-state index in [0.29, 0.717) is 6.04 Å². The van der Waals surface area contributed by atoms with E-state index in [1.807, 2.05) is 18.7 Å². The molecule has 3 unspecified atom stereocenters. The first-order valence-electron chi connectivity index (χ1n) is 6.64. The quantitative estimate of drug-likeness (QED) is 0.796. The maximum Gasteiger partial charge on any atom is 0.0628 e. The van der Waals surface area contributed by atoms with Crippen molar-refractivity contribution in [2.45, 2.75) is 45.1 Å². The average Bonchev–Trinajstić information content (AvgIpc) is 2.35. The van der Waals surface area contributed by atoms with Crippen LogP contribution in [0.4, 0.5) is 0 Å². The molecule has 0 amide bonds. The Kier molecular flexibility index (Phi) is 6.76. The Morgan fingerprint density at radius 3 is 2.33 bits per heavy atom. The number of thioether (sulfide) groups is 1. The molecule has 1 rings (SSSR count). The molecular weight excluding hydrogens is 242 g/mol. The molecule has 2 N–H and O–H groups in total. The molecule has 3 heteroatoms. The fourth-order valence-corrected chi connectivity index (χ4v) is 2.79. The van der Waals surface area contributed by atoms with Gasteiger partial charge in [-0.05, 0) is 26.0 Å². The monoisotopic (exact) mass is 267 g/mol. The summed E-state index contributed by atoms with van der Waals surface area (Å²) in [6.07, 6.45) is -0.254. The largest absolute Gasteiger partial charge is 0.392 e. The summed E-state index contributed by atoms with van der Waals surface area (Å²) in [6.45, 7) is 9.13. The zero-order valence-corrected chi connectivity index (χ0v) is 12.6. The Morgan fingerprint density at radius 2 is 1.83 bits per heavy atom. The smallest absolute Gasteiger partial charge is 0.0628 e. The number of hydrogen-bond donors (Lipinski definition) is 2. The van der Waals surface area contributed by atoms with Gasteiger partial charge in [0.05, 0.1) is 6.10 Å². The van der Waals surface area contributed by atoms with Gasteiger partial charge in [0, 0.05) is 17.0 Å². The Hall–Kier alpha value is -0.510. The van der Waals surface area contributed by atoms with Gasteiger partial charge in [-0.15, -0.1) is 0 Å². The Bertz CT molecular complexity index is 337. The maximum atomic E-state index is 9.53. The van der Waals surface area contributed by atoms with E-state index >= 15 is 0 Å². The molecular formula is C15H25NOS. The third kappa shape index (κ3) is 5.01. The first-order valence-corrected chi connectivity index (χ1v) is 7.69. The van der Waals surface area contributed by atoms with Crippen molar-refractivity contribution in [3.05, 3.63) is 35.4 Å². The number of rotatable bonds is 7. The normalized spacial score (nSPS) is 16.3. The second kappa shape index (κ2) is 7.82. The van der Waals surface area contributed by atoms with E-state index in [1.54, 1.807) is 0 Å². The Labute approximate surface area is 115 Å². The van der Waals surface area contributed by atoms with Crippen LogP contribution in [0.5, 0.6) is 0 Å². The highest BCUT2D eigenvalue weighted by Gasteiger charge is 2.15. The molecule has 0 saturated heterocycles. The molecule has 0 radical (unpaired) electrons. The van der Waals surface area contributed by atoms with Crippen LogP contribution in [0.15, 0.2) is 24.3 Å². The molecule has 3 atom stereocenters. The van der Waals surface area contributed by atoms with Gasteiger partial charge >= 0.3 is 0 Å². The number of nitrogens with one attached hydrogen (secondary N) is 1. The molecule has 1 aromatic carbocycles. The molecule has 0 aliphatic heterocycles. The first kappa shape index (κ1) is 15.5. The number of hydrogen-bond acceptors (Lipinski definition) is 3. The van der Waals surface area contributed by atoms with Crippen molar-refractivity contribution >= 4 is 11.8 Å². The maximum absolute atomic E-state index is 9.53. The zero-order valence-electron chi connectivity index (χ0n) is 11.8. The van der Waals surface area contributed by atoms with Gasteiger partial charge in [-0.1, -0.05) is 43.7 Å². The Balaban J connectivity index is 2.62. The van der Waals surface area contributed by atoms with Gasteiger partial charge in [0.15, 0.2) is 0 Å². The van der Waals surface area contributed by atoms with Crippen LogP contribution >= 0.6 is 11.8 Å². The summed E-state index contributed by atoms with van der Waals surface area (Å²) in [5.41, 5.74) is 2.62. The lowest BCUT2D eigenvalue weighted by Gasteiger charge is -2.21. The fourth-order valence-electron chi connectivity index (χ4n) is 1.71. The summed E-state index contributed by atoms with van der Waals surface area (Å²) >= 11 is 1.82. The van der Waals surface area contributed by atoms with E-state index in [-0.39, 0.29) is 11.4 Å². The molecule has 0 saturated carbocycles. The number of aliphatic hydroxyl groups excluding tert-OH is 1. The topological polar surface area (TPSA) is 32.3 Å². The van der Waals surface area contributed by atoms with Crippen LogP contribution in [0.1, 0.15) is 37.9 Å². The highest BCUT2D eigenvalue weighted by molar-refractivity contribution is 7.99. The van der Waals surface area contributed by atoms with Crippen LogP contribution in [0.25, 0.3) is 0 Å². The van der Waals surface area contributed by atoms with Crippen LogP contribution in [0, 0.1) is 6.92 Å². The van der Waals surface area contributed by atoms with Gasteiger partial charge in [0.25, 0.3) is 0 Å². The molecule has 1 aromatic rings. The molecule has 18 heavy (non-hydrogen) atoms. The second-order valence-electron chi connectivity index (χ2n) is 4.80. The van der Waals surface area contributed by atoms with Crippen LogP contribution in [-0.4, -0.2) is 28.8 Å². The molecule has 0 bridgehead atoms. The third-order valence-electron chi connectivity index (χ3n) is 3.14. The Morgan fingerprint density at radius 1 is 1.22 bits per heavy atom. The lowest BCUT2D eigenvalue weighted by atomic mass is 10.1. The van der Waals surface area contributed by atoms with Crippen molar-refractivity contribution in [3.63, 3.8) is 0 Å². The van der Waals surface area contributed by atoms with E-state index in [0.717, 1.165) is 12.3 Å². The molecule has 0 aliphatic rings. The lowest BCUT2D eigenvalue weighted by Crippen LogP contribution is -2.25. The van der Waals surface area contributed by atoms with Gasteiger partial charge in [-0.25, -0.2) is 0 Å². The highest BCUT2D eigenvalue weighted by Crippen LogP contribution is 2.23.